The molecule has 1 unspecified atom stereocenters. The monoisotopic (exact) mass is 364 g/mol. The van der Waals surface area contributed by atoms with Crippen molar-refractivity contribution in [1.29, 1.82) is 0 Å². The van der Waals surface area contributed by atoms with Gasteiger partial charge in [-0.3, -0.25) is 4.79 Å². The highest BCUT2D eigenvalue weighted by Gasteiger charge is 2.28. The quantitative estimate of drug-likeness (QED) is 0.529. The number of likely N-dealkylation sites (tertiary alicyclic amines) is 1. The second-order valence-corrected chi connectivity index (χ2v) is 6.40. The Morgan fingerprint density at radius 3 is 2.62 bits per heavy atom. The van der Waals surface area contributed by atoms with Crippen molar-refractivity contribution in [2.45, 2.75) is 26.7 Å². The number of carbonyl (C=O) groups is 2. The molecule has 1 atom stereocenters. The first-order valence-corrected chi connectivity index (χ1v) is 8.54. The Morgan fingerprint density at radius 2 is 1.96 bits per heavy atom. The summed E-state index contributed by atoms with van der Waals surface area (Å²) in [5.41, 5.74) is 0. The van der Waals surface area contributed by atoms with E-state index in [1.54, 1.807) is 12.0 Å². The number of hydrogen-bond acceptors (Lipinski definition) is 4. The summed E-state index contributed by atoms with van der Waals surface area (Å²) in [5.74, 6) is 0.362. The fourth-order valence-corrected chi connectivity index (χ4v) is 2.50. The van der Waals surface area contributed by atoms with E-state index in [1.807, 2.05) is 0 Å². The van der Waals surface area contributed by atoms with Crippen molar-refractivity contribution >= 4 is 24.3 Å². The van der Waals surface area contributed by atoms with Crippen LogP contribution in [0.2, 0.25) is 0 Å². The number of ether oxygens (including phenoxy) is 1. The molecule has 0 bridgehead atoms. The minimum atomic E-state index is -0.104. The fourth-order valence-electron chi connectivity index (χ4n) is 2.50. The highest BCUT2D eigenvalue weighted by atomic mass is 35.5. The number of hydrogen-bond donors (Lipinski definition) is 3. The van der Waals surface area contributed by atoms with Gasteiger partial charge in [0.1, 0.15) is 0 Å². The van der Waals surface area contributed by atoms with Crippen molar-refractivity contribution in [3.05, 3.63) is 0 Å². The molecule has 0 spiro atoms. The van der Waals surface area contributed by atoms with Crippen LogP contribution in [0.1, 0.15) is 26.7 Å². The van der Waals surface area contributed by atoms with Gasteiger partial charge in [0.25, 0.3) is 0 Å². The third-order valence-corrected chi connectivity index (χ3v) is 3.82. The molecule has 1 aliphatic rings. The Hall–Kier alpha value is -1.05. The summed E-state index contributed by atoms with van der Waals surface area (Å²) in [6.07, 6.45) is 1.72. The van der Waals surface area contributed by atoms with E-state index in [2.05, 4.69) is 29.8 Å². The van der Waals surface area contributed by atoms with E-state index in [-0.39, 0.29) is 30.3 Å². The van der Waals surface area contributed by atoms with Gasteiger partial charge < -0.3 is 25.6 Å². The third kappa shape index (κ3) is 9.30. The van der Waals surface area contributed by atoms with Crippen molar-refractivity contribution in [3.8, 4) is 0 Å². The van der Waals surface area contributed by atoms with Crippen molar-refractivity contribution in [1.82, 2.24) is 20.9 Å². The van der Waals surface area contributed by atoms with Crippen LogP contribution in [0.4, 0.5) is 4.79 Å². The number of piperidine rings is 1. The highest BCUT2D eigenvalue weighted by molar-refractivity contribution is 5.85. The topological polar surface area (TPSA) is 82.7 Å². The number of amides is 3. The second-order valence-electron chi connectivity index (χ2n) is 6.40. The molecule has 1 aliphatic heterocycles. The molecule has 0 radical (unpaired) electrons. The maximum atomic E-state index is 12.2. The number of nitrogens with zero attached hydrogens (tertiary/aromatic N) is 1. The predicted molar refractivity (Wildman–Crippen MR) is 97.5 cm³/mol. The molecule has 24 heavy (non-hydrogen) atoms. The van der Waals surface area contributed by atoms with E-state index < -0.39 is 0 Å². The molecule has 1 fully saturated rings. The van der Waals surface area contributed by atoms with Crippen LogP contribution in [0.3, 0.4) is 0 Å². The average Bonchev–Trinajstić information content (AvgIpc) is 2.55. The molecule has 142 valence electrons. The molecule has 1 heterocycles. The Bertz CT molecular complexity index is 369. The summed E-state index contributed by atoms with van der Waals surface area (Å²) in [4.78, 5) is 26.0. The first-order chi connectivity index (χ1) is 11.0. The lowest BCUT2D eigenvalue weighted by Crippen LogP contribution is -2.49. The van der Waals surface area contributed by atoms with E-state index in [9.17, 15) is 9.59 Å². The minimum Gasteiger partial charge on any atom is -0.383 e. The molecular formula is C16H33ClN4O3. The molecule has 0 saturated carbocycles. The Kier molecular flexibility index (Phi) is 12.7. The van der Waals surface area contributed by atoms with E-state index in [4.69, 9.17) is 4.74 Å². The van der Waals surface area contributed by atoms with Gasteiger partial charge in [-0.2, -0.15) is 0 Å². The lowest BCUT2D eigenvalue weighted by atomic mass is 9.97. The van der Waals surface area contributed by atoms with Gasteiger partial charge >= 0.3 is 6.03 Å². The standard InChI is InChI=1S/C16H32N4O3.ClH/c1-13(2)11-19-16(22)20-9-4-5-14(12-20)15(21)18-7-6-17-8-10-23-3;/h13-14,17H,4-12H2,1-3H3,(H,18,21)(H,19,22);1H. The molecule has 1 saturated heterocycles. The Labute approximate surface area is 151 Å². The van der Waals surface area contributed by atoms with Crippen LogP contribution >= 0.6 is 12.4 Å². The first-order valence-electron chi connectivity index (χ1n) is 8.54. The Morgan fingerprint density at radius 1 is 1.21 bits per heavy atom. The van der Waals surface area contributed by atoms with Crippen LogP contribution in [0.25, 0.3) is 0 Å². The van der Waals surface area contributed by atoms with Gasteiger partial charge in [-0.15, -0.1) is 12.4 Å². The first kappa shape index (κ1) is 22.9. The molecule has 0 aliphatic carbocycles. The van der Waals surface area contributed by atoms with E-state index in [1.165, 1.54) is 0 Å². The van der Waals surface area contributed by atoms with Crippen LogP contribution < -0.4 is 16.0 Å². The molecule has 0 aromatic rings. The van der Waals surface area contributed by atoms with Crippen molar-refractivity contribution in [3.63, 3.8) is 0 Å². The summed E-state index contributed by atoms with van der Waals surface area (Å²) >= 11 is 0. The number of halogens is 1. The van der Waals surface area contributed by atoms with E-state index >= 15 is 0 Å². The summed E-state index contributed by atoms with van der Waals surface area (Å²) in [5, 5.41) is 9.04. The number of carbonyl (C=O) groups excluding carboxylic acids is 2. The van der Waals surface area contributed by atoms with Crippen LogP contribution in [-0.4, -0.2) is 69.8 Å². The number of nitrogens with one attached hydrogen (secondary N) is 3. The van der Waals surface area contributed by atoms with Crippen LogP contribution in [0, 0.1) is 11.8 Å². The largest absolute Gasteiger partial charge is 0.383 e. The number of urea groups is 1. The second kappa shape index (κ2) is 13.3. The van der Waals surface area contributed by atoms with E-state index in [0.29, 0.717) is 32.2 Å². The maximum Gasteiger partial charge on any atom is 0.317 e. The smallest absolute Gasteiger partial charge is 0.317 e. The van der Waals surface area contributed by atoms with Gasteiger partial charge in [0, 0.05) is 46.4 Å². The summed E-state index contributed by atoms with van der Waals surface area (Å²) in [6, 6.07) is -0.0579. The van der Waals surface area contributed by atoms with Gasteiger partial charge in [0.2, 0.25) is 5.91 Å². The van der Waals surface area contributed by atoms with Crippen LogP contribution in [0.15, 0.2) is 0 Å². The summed E-state index contributed by atoms with van der Waals surface area (Å²) < 4.78 is 4.94. The van der Waals surface area contributed by atoms with Crippen molar-refractivity contribution < 1.29 is 14.3 Å². The van der Waals surface area contributed by atoms with Crippen molar-refractivity contribution in [2.75, 3.05) is 53.0 Å². The molecule has 3 N–H and O–H groups in total. The molecule has 8 heteroatoms. The molecule has 0 aromatic heterocycles. The average molecular weight is 365 g/mol. The van der Waals surface area contributed by atoms with Gasteiger partial charge in [-0.25, -0.2) is 4.79 Å². The van der Waals surface area contributed by atoms with Crippen LogP contribution in [0.5, 0.6) is 0 Å². The van der Waals surface area contributed by atoms with Crippen LogP contribution in [-0.2, 0) is 9.53 Å². The van der Waals surface area contributed by atoms with Gasteiger partial charge in [0.05, 0.1) is 12.5 Å². The zero-order chi connectivity index (χ0) is 17.1. The molecule has 0 aromatic carbocycles. The summed E-state index contributed by atoms with van der Waals surface area (Å²) in [6.45, 7) is 8.79. The Balaban J connectivity index is 0.00000529. The van der Waals surface area contributed by atoms with Crippen molar-refractivity contribution in [2.24, 2.45) is 11.8 Å². The predicted octanol–water partition coefficient (Wildman–Crippen LogP) is 0.838. The number of rotatable bonds is 9. The zero-order valence-electron chi connectivity index (χ0n) is 15.1. The zero-order valence-corrected chi connectivity index (χ0v) is 15.9. The summed E-state index contributed by atoms with van der Waals surface area (Å²) in [7, 11) is 1.66. The van der Waals surface area contributed by atoms with Gasteiger partial charge in [-0.1, -0.05) is 13.8 Å². The molecular weight excluding hydrogens is 332 g/mol. The molecule has 1 rings (SSSR count). The molecule has 3 amide bonds. The lowest BCUT2D eigenvalue weighted by molar-refractivity contribution is -0.126. The van der Waals surface area contributed by atoms with Gasteiger partial charge in [0.15, 0.2) is 0 Å². The maximum absolute atomic E-state index is 12.2. The molecule has 7 nitrogen and oxygen atoms in total. The lowest BCUT2D eigenvalue weighted by Gasteiger charge is -2.32. The normalized spacial score (nSPS) is 17.3. The number of methoxy groups -OCH3 is 1. The highest BCUT2D eigenvalue weighted by Crippen LogP contribution is 2.16. The SMILES string of the molecule is COCCNCCNC(=O)C1CCCN(C(=O)NCC(C)C)C1.Cl. The minimum absolute atomic E-state index is 0. The van der Waals surface area contributed by atoms with E-state index in [0.717, 1.165) is 32.5 Å². The third-order valence-electron chi connectivity index (χ3n) is 3.82. The fraction of sp³-hybridized carbons (Fsp3) is 0.875. The van der Waals surface area contributed by atoms with Gasteiger partial charge in [-0.05, 0) is 18.8 Å².